The number of carbonyl (C=O) groups is 1. The maximum absolute atomic E-state index is 12.8. The molecule has 0 spiro atoms. The molecule has 1 rings (SSSR count). The van der Waals surface area contributed by atoms with Crippen molar-refractivity contribution in [2.24, 2.45) is 11.1 Å². The molecule has 0 amide bonds. The van der Waals surface area contributed by atoms with Crippen LogP contribution in [0.25, 0.3) is 0 Å². The average molecular weight is 360 g/mol. The molecular weight excluding hydrogens is 342 g/mol. The number of esters is 1. The topological polar surface area (TPSA) is 61.5 Å². The molecule has 0 aliphatic rings. The highest BCUT2D eigenvalue weighted by molar-refractivity contribution is 5.85. The zero-order valence-corrected chi connectivity index (χ0v) is 13.5. The van der Waals surface area contributed by atoms with Gasteiger partial charge in [-0.25, -0.2) is 0 Å². The van der Waals surface area contributed by atoms with Crippen LogP contribution < -0.4 is 10.5 Å². The zero-order chi connectivity index (χ0) is 17.1. The summed E-state index contributed by atoms with van der Waals surface area (Å²) in [5.74, 6) is -0.971. The zero-order valence-electron chi connectivity index (χ0n) is 12.7. The van der Waals surface area contributed by atoms with Gasteiger partial charge in [-0.3, -0.25) is 4.79 Å². The first-order valence-electron chi connectivity index (χ1n) is 6.31. The molecule has 0 aromatic heterocycles. The van der Waals surface area contributed by atoms with Crippen LogP contribution in [-0.4, -0.2) is 25.6 Å². The number of halogens is 5. The molecule has 2 N–H and O–H groups in total. The average Bonchev–Trinajstić information content (AvgIpc) is 2.45. The van der Waals surface area contributed by atoms with Gasteiger partial charge in [-0.1, -0.05) is 12.1 Å². The van der Waals surface area contributed by atoms with E-state index in [4.69, 9.17) is 5.73 Å². The second-order valence-electron chi connectivity index (χ2n) is 5.22. The molecule has 0 saturated heterocycles. The van der Waals surface area contributed by atoms with Gasteiger partial charge in [0.25, 0.3) is 0 Å². The van der Waals surface area contributed by atoms with E-state index in [0.717, 1.165) is 12.1 Å². The molecule has 9 heteroatoms. The van der Waals surface area contributed by atoms with Crippen LogP contribution in [0.5, 0.6) is 5.75 Å². The molecule has 0 saturated carbocycles. The lowest BCUT2D eigenvalue weighted by atomic mass is 9.81. The lowest BCUT2D eigenvalue weighted by Crippen LogP contribution is -2.37. The van der Waals surface area contributed by atoms with E-state index in [1.54, 1.807) is 13.8 Å². The van der Waals surface area contributed by atoms with E-state index in [-0.39, 0.29) is 12.4 Å². The molecule has 0 bridgehead atoms. The third kappa shape index (κ3) is 4.97. The Kier molecular flexibility index (Phi) is 7.30. The fraction of sp³-hybridized carbons (Fsp3) is 0.500. The van der Waals surface area contributed by atoms with Gasteiger partial charge in [-0.05, 0) is 31.5 Å². The van der Waals surface area contributed by atoms with Gasteiger partial charge in [0.05, 0.1) is 12.5 Å². The summed E-state index contributed by atoms with van der Waals surface area (Å²) in [6, 6.07) is 4.04. The van der Waals surface area contributed by atoms with Crippen LogP contribution in [0, 0.1) is 5.41 Å². The first-order valence-corrected chi connectivity index (χ1v) is 6.31. The smallest absolute Gasteiger partial charge is 0.461 e. The maximum atomic E-state index is 12.8. The van der Waals surface area contributed by atoms with Crippen molar-refractivity contribution in [1.82, 2.24) is 0 Å². The predicted molar refractivity (Wildman–Crippen MR) is 78.0 cm³/mol. The summed E-state index contributed by atoms with van der Waals surface area (Å²) >= 11 is 0. The monoisotopic (exact) mass is 359 g/mol. The van der Waals surface area contributed by atoms with Gasteiger partial charge in [-0.2, -0.15) is 17.6 Å². The number of hydrogen-bond donors (Lipinski definition) is 1. The minimum atomic E-state index is -4.57. The Labute approximate surface area is 137 Å². The van der Waals surface area contributed by atoms with Crippen molar-refractivity contribution in [2.45, 2.75) is 32.4 Å². The summed E-state index contributed by atoms with van der Waals surface area (Å²) in [6.07, 6.45) is -8.51. The Hall–Kier alpha value is -1.54. The van der Waals surface area contributed by atoms with E-state index < -0.39 is 35.7 Å². The number of benzene rings is 1. The van der Waals surface area contributed by atoms with E-state index in [2.05, 4.69) is 9.47 Å². The van der Waals surface area contributed by atoms with Crippen molar-refractivity contribution in [1.29, 1.82) is 0 Å². The molecule has 1 aromatic rings. The Morgan fingerprint density at radius 1 is 1.17 bits per heavy atom. The van der Waals surface area contributed by atoms with Gasteiger partial charge in [0, 0.05) is 6.04 Å². The van der Waals surface area contributed by atoms with Crippen LogP contribution in [0.15, 0.2) is 24.3 Å². The molecule has 4 nitrogen and oxygen atoms in total. The van der Waals surface area contributed by atoms with Crippen LogP contribution in [0.3, 0.4) is 0 Å². The Balaban J connectivity index is 0.00000484. The normalized spacial score (nSPS) is 13.3. The lowest BCUT2D eigenvalue weighted by Gasteiger charge is -2.29. The predicted octanol–water partition coefficient (Wildman–Crippen LogP) is 3.54. The molecule has 132 valence electrons. The quantitative estimate of drug-likeness (QED) is 0.623. The van der Waals surface area contributed by atoms with Gasteiger partial charge < -0.3 is 15.2 Å². The maximum Gasteiger partial charge on any atom is 0.461 e. The molecule has 0 radical (unpaired) electrons. The number of alkyl halides is 4. The van der Waals surface area contributed by atoms with Gasteiger partial charge in [0.2, 0.25) is 0 Å². The molecule has 23 heavy (non-hydrogen) atoms. The van der Waals surface area contributed by atoms with E-state index >= 15 is 0 Å². The highest BCUT2D eigenvalue weighted by atomic mass is 35.5. The van der Waals surface area contributed by atoms with E-state index in [0.29, 0.717) is 5.56 Å². The number of nitrogens with two attached hydrogens (primary N) is 1. The van der Waals surface area contributed by atoms with Gasteiger partial charge in [0.15, 0.2) is 0 Å². The fourth-order valence-corrected chi connectivity index (χ4v) is 1.75. The summed E-state index contributed by atoms with van der Waals surface area (Å²) < 4.78 is 58.2. The molecule has 1 aromatic carbocycles. The van der Waals surface area contributed by atoms with Crippen LogP contribution in [0.2, 0.25) is 0 Å². The number of methoxy groups -OCH3 is 1. The second-order valence-corrected chi connectivity index (χ2v) is 5.22. The van der Waals surface area contributed by atoms with Crippen LogP contribution in [0.4, 0.5) is 17.6 Å². The Morgan fingerprint density at radius 2 is 1.65 bits per heavy atom. The highest BCUT2D eigenvalue weighted by Crippen LogP contribution is 2.34. The fourth-order valence-electron chi connectivity index (χ4n) is 1.75. The van der Waals surface area contributed by atoms with Crippen LogP contribution in [0.1, 0.15) is 25.5 Å². The van der Waals surface area contributed by atoms with Crippen molar-refractivity contribution in [3.05, 3.63) is 29.8 Å². The molecule has 0 aliphatic carbocycles. The van der Waals surface area contributed by atoms with Crippen molar-refractivity contribution in [3.63, 3.8) is 0 Å². The van der Waals surface area contributed by atoms with Crippen molar-refractivity contribution < 1.29 is 31.8 Å². The standard InChI is InChI=1S/C14H17F4NO3.ClH/c1-13(2,12(20)21-3)10(19)8-4-6-9(7-5-8)22-14(17,18)11(15)16;/h4-7,10-11H,19H2,1-3H3;1H/t10-;/m1./s1. The van der Waals surface area contributed by atoms with Gasteiger partial charge in [-0.15, -0.1) is 12.4 Å². The molecule has 0 unspecified atom stereocenters. The third-order valence-corrected chi connectivity index (χ3v) is 3.24. The summed E-state index contributed by atoms with van der Waals surface area (Å²) in [7, 11) is 1.22. The Bertz CT molecular complexity index is 523. The minimum absolute atomic E-state index is 0. The van der Waals surface area contributed by atoms with Crippen molar-refractivity contribution in [2.75, 3.05) is 7.11 Å². The van der Waals surface area contributed by atoms with Crippen molar-refractivity contribution in [3.8, 4) is 5.75 Å². The van der Waals surface area contributed by atoms with Gasteiger partial charge in [0.1, 0.15) is 5.75 Å². The first-order chi connectivity index (χ1) is 10.0. The molecule has 0 heterocycles. The van der Waals surface area contributed by atoms with Crippen molar-refractivity contribution >= 4 is 18.4 Å². The second kappa shape index (κ2) is 7.83. The number of ether oxygens (including phenoxy) is 2. The lowest BCUT2D eigenvalue weighted by molar-refractivity contribution is -0.253. The Morgan fingerprint density at radius 3 is 2.04 bits per heavy atom. The van der Waals surface area contributed by atoms with Gasteiger partial charge >= 0.3 is 18.5 Å². The van der Waals surface area contributed by atoms with Crippen LogP contribution >= 0.6 is 12.4 Å². The minimum Gasteiger partial charge on any atom is -0.469 e. The number of rotatable bonds is 6. The third-order valence-electron chi connectivity index (χ3n) is 3.24. The number of carbonyl (C=O) groups excluding carboxylic acids is 1. The largest absolute Gasteiger partial charge is 0.469 e. The number of hydrogen-bond acceptors (Lipinski definition) is 4. The first kappa shape index (κ1) is 21.5. The summed E-state index contributed by atoms with van der Waals surface area (Å²) in [5, 5.41) is 0. The highest BCUT2D eigenvalue weighted by Gasteiger charge is 2.44. The SMILES string of the molecule is COC(=O)C(C)(C)[C@H](N)c1ccc(OC(F)(F)C(F)F)cc1.Cl. The molecule has 0 aliphatic heterocycles. The van der Waals surface area contributed by atoms with E-state index in [1.165, 1.54) is 19.2 Å². The van der Waals surface area contributed by atoms with E-state index in [1.807, 2.05) is 0 Å². The van der Waals surface area contributed by atoms with Crippen LogP contribution in [-0.2, 0) is 9.53 Å². The summed E-state index contributed by atoms with van der Waals surface area (Å²) in [4.78, 5) is 11.7. The van der Waals surface area contributed by atoms with E-state index in [9.17, 15) is 22.4 Å². The summed E-state index contributed by atoms with van der Waals surface area (Å²) in [6.45, 7) is 3.14. The molecule has 1 atom stereocenters. The molecule has 0 fully saturated rings. The molecular formula is C14H18ClF4NO3. The summed E-state index contributed by atoms with van der Waals surface area (Å²) in [5.41, 5.74) is 5.36.